The molecular formula is C11H16N2O2S. The van der Waals surface area contributed by atoms with Gasteiger partial charge in [-0.3, -0.25) is 0 Å². The summed E-state index contributed by atoms with van der Waals surface area (Å²) in [6, 6.07) is 0. The monoisotopic (exact) mass is 240 g/mol. The molecule has 1 aliphatic carbocycles. The van der Waals surface area contributed by atoms with Crippen LogP contribution < -0.4 is 4.90 Å². The molecule has 4 nitrogen and oxygen atoms in total. The summed E-state index contributed by atoms with van der Waals surface area (Å²) in [7, 11) is 0. The number of hydrogen-bond acceptors (Lipinski definition) is 4. The molecule has 0 radical (unpaired) electrons. The van der Waals surface area contributed by atoms with Gasteiger partial charge in [0.05, 0.1) is 0 Å². The summed E-state index contributed by atoms with van der Waals surface area (Å²) in [5.74, 6) is -0.139. The minimum Gasteiger partial charge on any atom is -0.476 e. The molecule has 88 valence electrons. The molecule has 0 aromatic carbocycles. The van der Waals surface area contributed by atoms with Crippen LogP contribution in [0.3, 0.4) is 0 Å². The SMILES string of the molecule is CCN(CC1CC1)c1nc(C(=O)O)c(C)s1. The fourth-order valence-corrected chi connectivity index (χ4v) is 2.64. The Labute approximate surface area is 98.9 Å². The second-order valence-corrected chi connectivity index (χ2v) is 5.37. The summed E-state index contributed by atoms with van der Waals surface area (Å²) in [6.07, 6.45) is 2.60. The van der Waals surface area contributed by atoms with E-state index in [1.54, 1.807) is 0 Å². The van der Waals surface area contributed by atoms with Gasteiger partial charge in [0.2, 0.25) is 0 Å². The van der Waals surface area contributed by atoms with E-state index in [0.29, 0.717) is 0 Å². The van der Waals surface area contributed by atoms with Crippen molar-refractivity contribution in [2.45, 2.75) is 26.7 Å². The van der Waals surface area contributed by atoms with Gasteiger partial charge in [-0.15, -0.1) is 11.3 Å². The van der Waals surface area contributed by atoms with Crippen molar-refractivity contribution in [1.82, 2.24) is 4.98 Å². The van der Waals surface area contributed by atoms with Crippen LogP contribution in [-0.4, -0.2) is 29.1 Å². The molecule has 0 aliphatic heterocycles. The number of aryl methyl sites for hydroxylation is 1. The third-order valence-corrected chi connectivity index (χ3v) is 3.85. The van der Waals surface area contributed by atoms with Gasteiger partial charge in [0.25, 0.3) is 0 Å². The van der Waals surface area contributed by atoms with Gasteiger partial charge in [-0.05, 0) is 32.6 Å². The number of rotatable bonds is 5. The first kappa shape index (κ1) is 11.4. The molecule has 2 rings (SSSR count). The number of carbonyl (C=O) groups is 1. The second-order valence-electron chi connectivity index (χ2n) is 4.19. The van der Waals surface area contributed by atoms with E-state index < -0.39 is 5.97 Å². The largest absolute Gasteiger partial charge is 0.476 e. The van der Waals surface area contributed by atoms with Crippen molar-refractivity contribution < 1.29 is 9.90 Å². The number of aromatic nitrogens is 1. The maximum atomic E-state index is 10.9. The predicted molar refractivity (Wildman–Crippen MR) is 64.4 cm³/mol. The van der Waals surface area contributed by atoms with Gasteiger partial charge in [0.15, 0.2) is 10.8 Å². The molecule has 0 amide bonds. The Kier molecular flexibility index (Phi) is 3.14. The standard InChI is InChI=1S/C11H16N2O2S/c1-3-13(6-8-4-5-8)11-12-9(10(14)15)7(2)16-11/h8H,3-6H2,1-2H3,(H,14,15). The molecule has 1 aromatic heterocycles. The zero-order chi connectivity index (χ0) is 11.7. The Morgan fingerprint density at radius 1 is 1.62 bits per heavy atom. The molecule has 0 bridgehead atoms. The third kappa shape index (κ3) is 2.35. The lowest BCUT2D eigenvalue weighted by Gasteiger charge is -2.18. The quantitative estimate of drug-likeness (QED) is 0.858. The Balaban J connectivity index is 2.16. The molecule has 1 saturated carbocycles. The van der Waals surface area contributed by atoms with Crippen molar-refractivity contribution in [1.29, 1.82) is 0 Å². The minimum atomic E-state index is -0.928. The number of thiazole rings is 1. The number of aromatic carboxylic acids is 1. The highest BCUT2D eigenvalue weighted by molar-refractivity contribution is 7.15. The molecule has 1 aromatic rings. The smallest absolute Gasteiger partial charge is 0.355 e. The van der Waals surface area contributed by atoms with Crippen LogP contribution in [0.25, 0.3) is 0 Å². The Hall–Kier alpha value is -1.10. The molecule has 1 fully saturated rings. The lowest BCUT2D eigenvalue weighted by atomic mass is 10.4. The van der Waals surface area contributed by atoms with Crippen LogP contribution in [0.5, 0.6) is 0 Å². The van der Waals surface area contributed by atoms with E-state index in [4.69, 9.17) is 5.11 Å². The highest BCUT2D eigenvalue weighted by atomic mass is 32.1. The summed E-state index contributed by atoms with van der Waals surface area (Å²) in [5, 5.41) is 9.80. The number of carboxylic acid groups (broad SMARTS) is 1. The van der Waals surface area contributed by atoms with E-state index in [1.165, 1.54) is 24.2 Å². The zero-order valence-corrected chi connectivity index (χ0v) is 10.4. The molecule has 0 unspecified atom stereocenters. The topological polar surface area (TPSA) is 53.4 Å². The van der Waals surface area contributed by atoms with E-state index in [-0.39, 0.29) is 5.69 Å². The molecule has 0 saturated heterocycles. The predicted octanol–water partition coefficient (Wildman–Crippen LogP) is 2.39. The molecule has 5 heteroatoms. The van der Waals surface area contributed by atoms with Crippen LogP contribution in [-0.2, 0) is 0 Å². The Bertz CT molecular complexity index is 399. The average molecular weight is 240 g/mol. The van der Waals surface area contributed by atoms with E-state index in [9.17, 15) is 4.79 Å². The van der Waals surface area contributed by atoms with Gasteiger partial charge in [0.1, 0.15) is 0 Å². The molecule has 16 heavy (non-hydrogen) atoms. The number of hydrogen-bond donors (Lipinski definition) is 1. The summed E-state index contributed by atoms with van der Waals surface area (Å²) in [6.45, 7) is 5.81. The van der Waals surface area contributed by atoms with Crippen molar-refractivity contribution in [3.05, 3.63) is 10.6 Å². The van der Waals surface area contributed by atoms with Gasteiger partial charge in [-0.1, -0.05) is 0 Å². The highest BCUT2D eigenvalue weighted by Crippen LogP contribution is 2.33. The third-order valence-electron chi connectivity index (χ3n) is 2.82. The first-order chi connectivity index (χ1) is 7.61. The van der Waals surface area contributed by atoms with Crippen LogP contribution in [0.1, 0.15) is 35.1 Å². The molecular weight excluding hydrogens is 224 g/mol. The van der Waals surface area contributed by atoms with Gasteiger partial charge in [0, 0.05) is 18.0 Å². The summed E-state index contributed by atoms with van der Waals surface area (Å²) in [5.41, 5.74) is 0.203. The van der Waals surface area contributed by atoms with E-state index in [0.717, 1.165) is 29.0 Å². The van der Waals surface area contributed by atoms with E-state index in [2.05, 4.69) is 16.8 Å². The van der Waals surface area contributed by atoms with Gasteiger partial charge < -0.3 is 10.0 Å². The van der Waals surface area contributed by atoms with Crippen LogP contribution in [0.2, 0.25) is 0 Å². The van der Waals surface area contributed by atoms with Gasteiger partial charge >= 0.3 is 5.97 Å². The number of carboxylic acids is 1. The molecule has 1 aliphatic rings. The summed E-state index contributed by atoms with van der Waals surface area (Å²) >= 11 is 1.48. The van der Waals surface area contributed by atoms with Crippen molar-refractivity contribution >= 4 is 22.4 Å². The maximum Gasteiger partial charge on any atom is 0.355 e. The van der Waals surface area contributed by atoms with Crippen molar-refractivity contribution in [3.63, 3.8) is 0 Å². The molecule has 1 N–H and O–H groups in total. The summed E-state index contributed by atoms with van der Waals surface area (Å²) in [4.78, 5) is 18.1. The maximum absolute atomic E-state index is 10.9. The van der Waals surface area contributed by atoms with Crippen LogP contribution >= 0.6 is 11.3 Å². The Morgan fingerprint density at radius 2 is 2.31 bits per heavy atom. The van der Waals surface area contributed by atoms with Gasteiger partial charge in [-0.25, -0.2) is 9.78 Å². The molecule has 0 atom stereocenters. The fraction of sp³-hybridized carbons (Fsp3) is 0.636. The van der Waals surface area contributed by atoms with E-state index in [1.807, 2.05) is 6.92 Å². The van der Waals surface area contributed by atoms with Crippen LogP contribution in [0.15, 0.2) is 0 Å². The van der Waals surface area contributed by atoms with Crippen LogP contribution in [0, 0.1) is 12.8 Å². The fourth-order valence-electron chi connectivity index (χ4n) is 1.67. The first-order valence-corrected chi connectivity index (χ1v) is 6.39. The second kappa shape index (κ2) is 4.41. The minimum absolute atomic E-state index is 0.203. The van der Waals surface area contributed by atoms with Crippen LogP contribution in [0.4, 0.5) is 5.13 Å². The Morgan fingerprint density at radius 3 is 2.75 bits per heavy atom. The van der Waals surface area contributed by atoms with Crippen molar-refractivity contribution in [3.8, 4) is 0 Å². The number of nitrogens with zero attached hydrogens (tertiary/aromatic N) is 2. The normalized spacial score (nSPS) is 15.1. The lowest BCUT2D eigenvalue weighted by Crippen LogP contribution is -2.25. The molecule has 1 heterocycles. The van der Waals surface area contributed by atoms with Gasteiger partial charge in [-0.2, -0.15) is 0 Å². The zero-order valence-electron chi connectivity index (χ0n) is 9.56. The lowest BCUT2D eigenvalue weighted by molar-refractivity contribution is 0.0690. The van der Waals surface area contributed by atoms with Crippen molar-refractivity contribution in [2.75, 3.05) is 18.0 Å². The molecule has 0 spiro atoms. The van der Waals surface area contributed by atoms with Crippen molar-refractivity contribution in [2.24, 2.45) is 5.92 Å². The average Bonchev–Trinajstić information content (AvgIpc) is 2.97. The van der Waals surface area contributed by atoms with E-state index >= 15 is 0 Å². The highest BCUT2D eigenvalue weighted by Gasteiger charge is 2.26. The number of anilines is 1. The summed E-state index contributed by atoms with van der Waals surface area (Å²) < 4.78 is 0. The first-order valence-electron chi connectivity index (χ1n) is 5.57.